The lowest BCUT2D eigenvalue weighted by Crippen LogP contribution is -2.41. The molecule has 0 radical (unpaired) electrons. The van der Waals surface area contributed by atoms with Crippen LogP contribution in [0.3, 0.4) is 0 Å². The van der Waals surface area contributed by atoms with Crippen molar-refractivity contribution in [3.05, 3.63) is 29.8 Å². The Morgan fingerprint density at radius 2 is 2.07 bits per heavy atom. The van der Waals surface area contributed by atoms with E-state index in [1.54, 1.807) is 4.90 Å². The smallest absolute Gasteiger partial charge is 0.343 e. The zero-order valence-corrected chi connectivity index (χ0v) is 15.7. The number of benzene rings is 1. The average Bonchev–Trinajstić information content (AvgIpc) is 3.24. The number of aliphatic carboxylic acids is 1. The van der Waals surface area contributed by atoms with Crippen molar-refractivity contribution in [3.8, 4) is 0 Å². The van der Waals surface area contributed by atoms with Gasteiger partial charge in [0.1, 0.15) is 0 Å². The predicted octanol–water partition coefficient (Wildman–Crippen LogP) is 2.58. The quantitative estimate of drug-likeness (QED) is 0.857. The Kier molecular flexibility index (Phi) is 5.22. The number of nitrogens with zero attached hydrogens (tertiary/aromatic N) is 2. The van der Waals surface area contributed by atoms with Gasteiger partial charge < -0.3 is 14.9 Å². The molecule has 6 nitrogen and oxygen atoms in total. The number of rotatable bonds is 5. The molecule has 1 aromatic rings. The molecule has 2 aliphatic heterocycles. The van der Waals surface area contributed by atoms with E-state index in [1.165, 1.54) is 4.90 Å². The van der Waals surface area contributed by atoms with Gasteiger partial charge in [-0.1, -0.05) is 32.0 Å². The first-order chi connectivity index (χ1) is 12.8. The fourth-order valence-electron chi connectivity index (χ4n) is 3.87. The number of para-hydroxylation sites is 1. The minimum atomic E-state index is -2.39. The highest BCUT2D eigenvalue weighted by Crippen LogP contribution is 2.35. The number of alkyl halides is 1. The van der Waals surface area contributed by atoms with Gasteiger partial charge in [-0.15, -0.1) is 0 Å². The van der Waals surface area contributed by atoms with Crippen LogP contribution in [0.1, 0.15) is 44.6 Å². The molecule has 2 fully saturated rings. The third-order valence-electron chi connectivity index (χ3n) is 5.76. The lowest BCUT2D eigenvalue weighted by molar-refractivity contribution is -0.150. The van der Waals surface area contributed by atoms with E-state index in [1.807, 2.05) is 24.3 Å². The normalized spacial score (nSPS) is 26.5. The number of hydrogen-bond acceptors (Lipinski definition) is 3. The molecule has 0 aromatic heterocycles. The van der Waals surface area contributed by atoms with Crippen molar-refractivity contribution in [3.63, 3.8) is 0 Å². The molecule has 2 amide bonds. The molecule has 0 aliphatic carbocycles. The second-order valence-corrected chi connectivity index (χ2v) is 7.55. The molecule has 1 aromatic carbocycles. The fourth-order valence-corrected chi connectivity index (χ4v) is 3.87. The summed E-state index contributed by atoms with van der Waals surface area (Å²) < 4.78 is 14.3. The molecule has 1 N–H and O–H groups in total. The number of anilines is 1. The standard InChI is InChI=1S/C20H25FN2O4/c1-3-13(2)15-6-4-5-7-16(15)23-11-14(10-17(23)24)18(25)22-9-8-20(21,12-22)19(26)27/h4-7,13-14H,3,8-12H2,1-2H3,(H,26,27). The Labute approximate surface area is 157 Å². The van der Waals surface area contributed by atoms with E-state index in [0.717, 1.165) is 17.7 Å². The highest BCUT2D eigenvalue weighted by molar-refractivity contribution is 6.01. The van der Waals surface area contributed by atoms with E-state index < -0.39 is 24.1 Å². The lowest BCUT2D eigenvalue weighted by atomic mass is 9.96. The van der Waals surface area contributed by atoms with Crippen LogP contribution in [0, 0.1) is 5.92 Å². The van der Waals surface area contributed by atoms with E-state index in [9.17, 15) is 18.8 Å². The number of carbonyl (C=O) groups excluding carboxylic acids is 2. The summed E-state index contributed by atoms with van der Waals surface area (Å²) in [6.07, 6.45) is 0.786. The molecule has 3 rings (SSSR count). The van der Waals surface area contributed by atoms with Gasteiger partial charge >= 0.3 is 5.97 Å². The average molecular weight is 376 g/mol. The van der Waals surface area contributed by atoms with Crippen molar-refractivity contribution in [2.24, 2.45) is 5.92 Å². The van der Waals surface area contributed by atoms with Crippen LogP contribution < -0.4 is 4.90 Å². The minimum absolute atomic E-state index is 0.0653. The summed E-state index contributed by atoms with van der Waals surface area (Å²) in [6, 6.07) is 7.69. The number of likely N-dealkylation sites (tertiary alicyclic amines) is 1. The van der Waals surface area contributed by atoms with Gasteiger partial charge in [0, 0.05) is 31.6 Å². The van der Waals surface area contributed by atoms with E-state index in [4.69, 9.17) is 5.11 Å². The van der Waals surface area contributed by atoms with Crippen molar-refractivity contribution in [1.29, 1.82) is 0 Å². The molecule has 2 heterocycles. The number of carboxylic acid groups (broad SMARTS) is 1. The van der Waals surface area contributed by atoms with Crippen LogP contribution in [0.15, 0.2) is 24.3 Å². The largest absolute Gasteiger partial charge is 0.479 e. The second kappa shape index (κ2) is 7.29. The Bertz CT molecular complexity index is 768. The number of carboxylic acids is 1. The fraction of sp³-hybridized carbons (Fsp3) is 0.550. The number of carbonyl (C=O) groups is 3. The van der Waals surface area contributed by atoms with Crippen LogP contribution in [-0.2, 0) is 14.4 Å². The highest BCUT2D eigenvalue weighted by atomic mass is 19.1. The van der Waals surface area contributed by atoms with Gasteiger partial charge in [0.2, 0.25) is 17.5 Å². The molecular weight excluding hydrogens is 351 g/mol. The molecule has 0 bridgehead atoms. The predicted molar refractivity (Wildman–Crippen MR) is 98.3 cm³/mol. The lowest BCUT2D eigenvalue weighted by Gasteiger charge is -2.24. The third kappa shape index (κ3) is 3.55. The summed E-state index contributed by atoms with van der Waals surface area (Å²) >= 11 is 0. The molecule has 0 spiro atoms. The summed E-state index contributed by atoms with van der Waals surface area (Å²) in [4.78, 5) is 39.3. The van der Waals surface area contributed by atoms with Gasteiger partial charge in [-0.3, -0.25) is 9.59 Å². The molecule has 146 valence electrons. The summed E-state index contributed by atoms with van der Waals surface area (Å²) in [5.74, 6) is -2.30. The molecule has 27 heavy (non-hydrogen) atoms. The number of amides is 2. The van der Waals surface area contributed by atoms with Crippen LogP contribution in [0.25, 0.3) is 0 Å². The third-order valence-corrected chi connectivity index (χ3v) is 5.76. The second-order valence-electron chi connectivity index (χ2n) is 7.55. The molecular formula is C20H25FN2O4. The van der Waals surface area contributed by atoms with Crippen molar-refractivity contribution >= 4 is 23.5 Å². The maximum Gasteiger partial charge on any atom is 0.343 e. The molecule has 2 aliphatic rings. The summed E-state index contributed by atoms with van der Waals surface area (Å²) in [6.45, 7) is 4.04. The monoisotopic (exact) mass is 376 g/mol. The van der Waals surface area contributed by atoms with E-state index in [-0.39, 0.29) is 43.7 Å². The zero-order chi connectivity index (χ0) is 19.8. The van der Waals surface area contributed by atoms with E-state index in [2.05, 4.69) is 13.8 Å². The molecule has 3 unspecified atom stereocenters. The van der Waals surface area contributed by atoms with Crippen molar-refractivity contribution in [1.82, 2.24) is 4.90 Å². The Balaban J connectivity index is 1.75. The van der Waals surface area contributed by atoms with Crippen LogP contribution in [-0.4, -0.2) is 53.1 Å². The van der Waals surface area contributed by atoms with Gasteiger partial charge in [0.25, 0.3) is 0 Å². The maximum absolute atomic E-state index is 14.3. The van der Waals surface area contributed by atoms with Gasteiger partial charge in [-0.25, -0.2) is 9.18 Å². The molecule has 0 saturated carbocycles. The molecule has 3 atom stereocenters. The SMILES string of the molecule is CCC(C)c1ccccc1N1CC(C(=O)N2CCC(F)(C(=O)O)C2)CC1=O. The Morgan fingerprint density at radius 1 is 1.37 bits per heavy atom. The number of hydrogen-bond donors (Lipinski definition) is 1. The van der Waals surface area contributed by atoms with Crippen molar-refractivity contribution in [2.45, 2.75) is 44.7 Å². The molecule has 2 saturated heterocycles. The van der Waals surface area contributed by atoms with Crippen LogP contribution in [0.4, 0.5) is 10.1 Å². The molecule has 7 heteroatoms. The van der Waals surface area contributed by atoms with E-state index >= 15 is 0 Å². The Morgan fingerprint density at radius 3 is 2.70 bits per heavy atom. The maximum atomic E-state index is 14.3. The van der Waals surface area contributed by atoms with Crippen LogP contribution in [0.2, 0.25) is 0 Å². The first kappa shape index (κ1) is 19.3. The van der Waals surface area contributed by atoms with Crippen molar-refractivity contribution < 1.29 is 23.9 Å². The highest BCUT2D eigenvalue weighted by Gasteiger charge is 2.49. The first-order valence-corrected chi connectivity index (χ1v) is 9.37. The first-order valence-electron chi connectivity index (χ1n) is 9.37. The van der Waals surface area contributed by atoms with Gasteiger partial charge in [0.05, 0.1) is 12.5 Å². The topological polar surface area (TPSA) is 77.9 Å². The summed E-state index contributed by atoms with van der Waals surface area (Å²) in [5.41, 5.74) is -0.503. The number of halogens is 1. The minimum Gasteiger partial charge on any atom is -0.479 e. The van der Waals surface area contributed by atoms with Crippen molar-refractivity contribution in [2.75, 3.05) is 24.5 Å². The van der Waals surface area contributed by atoms with E-state index in [0.29, 0.717) is 0 Å². The van der Waals surface area contributed by atoms with Crippen LogP contribution in [0.5, 0.6) is 0 Å². The van der Waals surface area contributed by atoms with Crippen LogP contribution >= 0.6 is 0 Å². The summed E-state index contributed by atoms with van der Waals surface area (Å²) in [5, 5.41) is 9.00. The zero-order valence-electron chi connectivity index (χ0n) is 15.7. The Hall–Kier alpha value is -2.44. The van der Waals surface area contributed by atoms with Gasteiger partial charge in [-0.05, 0) is 24.0 Å². The summed E-state index contributed by atoms with van der Waals surface area (Å²) in [7, 11) is 0. The van der Waals surface area contributed by atoms with Gasteiger partial charge in [0.15, 0.2) is 0 Å². The van der Waals surface area contributed by atoms with Gasteiger partial charge in [-0.2, -0.15) is 0 Å².